The van der Waals surface area contributed by atoms with E-state index in [0.29, 0.717) is 25.6 Å². The van der Waals surface area contributed by atoms with Gasteiger partial charge in [-0.05, 0) is 13.3 Å². The van der Waals surface area contributed by atoms with Crippen molar-refractivity contribution >= 4 is 12.0 Å². The summed E-state index contributed by atoms with van der Waals surface area (Å²) >= 11 is 0. The zero-order valence-corrected chi connectivity index (χ0v) is 11.9. The van der Waals surface area contributed by atoms with Crippen LogP contribution >= 0.6 is 0 Å². The molecule has 0 spiro atoms. The molecule has 0 radical (unpaired) electrons. The lowest BCUT2D eigenvalue weighted by molar-refractivity contribution is 0.0691. The third-order valence-corrected chi connectivity index (χ3v) is 3.54. The maximum atomic E-state index is 11.7. The molecule has 1 aromatic rings. The topological polar surface area (TPSA) is 105 Å². The van der Waals surface area contributed by atoms with E-state index >= 15 is 0 Å². The molecule has 8 nitrogen and oxygen atoms in total. The van der Waals surface area contributed by atoms with Gasteiger partial charge in [-0.1, -0.05) is 0 Å². The van der Waals surface area contributed by atoms with Gasteiger partial charge in [0.1, 0.15) is 0 Å². The molecule has 1 fully saturated rings. The highest BCUT2D eigenvalue weighted by molar-refractivity contribution is 5.84. The fourth-order valence-electron chi connectivity index (χ4n) is 2.21. The lowest BCUT2D eigenvalue weighted by Crippen LogP contribution is -2.45. The van der Waals surface area contributed by atoms with Gasteiger partial charge in [0.2, 0.25) is 0 Å². The van der Waals surface area contributed by atoms with Gasteiger partial charge in [0.15, 0.2) is 5.69 Å². The Kier molecular flexibility index (Phi) is 5.15. The summed E-state index contributed by atoms with van der Waals surface area (Å²) in [5, 5.41) is 14.4. The number of nitrogens with one attached hydrogen (secondary N) is 2. The van der Waals surface area contributed by atoms with Gasteiger partial charge in [-0.25, -0.2) is 14.6 Å². The number of carboxylic acid groups (broad SMARTS) is 1. The fourth-order valence-corrected chi connectivity index (χ4v) is 2.21. The van der Waals surface area contributed by atoms with Gasteiger partial charge < -0.3 is 25.0 Å². The van der Waals surface area contributed by atoms with Crippen molar-refractivity contribution in [1.29, 1.82) is 0 Å². The minimum absolute atomic E-state index is 0.00527. The number of aromatic carboxylic acids is 1. The van der Waals surface area contributed by atoms with Gasteiger partial charge in [0, 0.05) is 37.9 Å². The first-order chi connectivity index (χ1) is 10.1. The van der Waals surface area contributed by atoms with Crippen LogP contribution in [0.4, 0.5) is 4.79 Å². The molecule has 0 aliphatic carbocycles. The zero-order valence-electron chi connectivity index (χ0n) is 11.9. The first-order valence-corrected chi connectivity index (χ1v) is 6.93. The Hall–Kier alpha value is -2.09. The minimum Gasteiger partial charge on any atom is -0.476 e. The van der Waals surface area contributed by atoms with Crippen molar-refractivity contribution in [2.75, 3.05) is 19.8 Å². The molecule has 2 unspecified atom stereocenters. The summed E-state index contributed by atoms with van der Waals surface area (Å²) in [4.78, 5) is 26.1. The Morgan fingerprint density at radius 3 is 3.05 bits per heavy atom. The smallest absolute Gasteiger partial charge is 0.356 e. The molecule has 0 bridgehead atoms. The summed E-state index contributed by atoms with van der Waals surface area (Å²) in [7, 11) is 0. The molecule has 1 saturated heterocycles. The normalized spacial score (nSPS) is 19.2. The molecular weight excluding hydrogens is 276 g/mol. The fraction of sp³-hybridized carbons (Fsp3) is 0.615. The molecule has 2 amide bonds. The summed E-state index contributed by atoms with van der Waals surface area (Å²) in [5.74, 6) is -0.699. The Morgan fingerprint density at radius 2 is 2.43 bits per heavy atom. The largest absolute Gasteiger partial charge is 0.476 e. The van der Waals surface area contributed by atoms with E-state index in [1.54, 1.807) is 4.57 Å². The number of urea groups is 1. The molecule has 0 aromatic carbocycles. The first-order valence-electron chi connectivity index (χ1n) is 6.93. The molecule has 2 rings (SSSR count). The summed E-state index contributed by atoms with van der Waals surface area (Å²) in [6, 6.07) is -0.160. The second-order valence-electron chi connectivity index (χ2n) is 5.11. The molecule has 2 heterocycles. The van der Waals surface area contributed by atoms with Crippen LogP contribution in [0, 0.1) is 5.92 Å². The van der Waals surface area contributed by atoms with E-state index in [1.165, 1.54) is 12.5 Å². The van der Waals surface area contributed by atoms with Gasteiger partial charge in [-0.15, -0.1) is 0 Å². The quantitative estimate of drug-likeness (QED) is 0.700. The van der Waals surface area contributed by atoms with E-state index < -0.39 is 5.97 Å². The summed E-state index contributed by atoms with van der Waals surface area (Å²) < 4.78 is 6.91. The lowest BCUT2D eigenvalue weighted by Gasteiger charge is -2.19. The average Bonchev–Trinajstić information content (AvgIpc) is 3.10. The molecular formula is C13H20N4O4. The molecule has 3 N–H and O–H groups in total. The van der Waals surface area contributed by atoms with Crippen molar-refractivity contribution in [2.24, 2.45) is 5.92 Å². The predicted octanol–water partition coefficient (Wildman–Crippen LogP) is 0.306. The van der Waals surface area contributed by atoms with Gasteiger partial charge in [-0.3, -0.25) is 0 Å². The van der Waals surface area contributed by atoms with Gasteiger partial charge in [-0.2, -0.15) is 0 Å². The molecule has 21 heavy (non-hydrogen) atoms. The molecule has 0 saturated carbocycles. The van der Waals surface area contributed by atoms with Crippen LogP contribution in [0.2, 0.25) is 0 Å². The van der Waals surface area contributed by atoms with Crippen LogP contribution < -0.4 is 10.6 Å². The Balaban J connectivity index is 1.67. The number of rotatable bonds is 6. The van der Waals surface area contributed by atoms with Gasteiger partial charge >= 0.3 is 12.0 Å². The number of nitrogens with zero attached hydrogens (tertiary/aromatic N) is 2. The zero-order chi connectivity index (χ0) is 15.2. The number of carbonyl (C=O) groups is 2. The van der Waals surface area contributed by atoms with E-state index in [0.717, 1.165) is 13.0 Å². The van der Waals surface area contributed by atoms with Crippen molar-refractivity contribution in [3.05, 3.63) is 18.2 Å². The van der Waals surface area contributed by atoms with Crippen LogP contribution in [0.15, 0.2) is 12.5 Å². The number of aromatic nitrogens is 2. The first kappa shape index (κ1) is 15.3. The second-order valence-corrected chi connectivity index (χ2v) is 5.11. The maximum absolute atomic E-state index is 11.7. The van der Waals surface area contributed by atoms with Crippen molar-refractivity contribution in [2.45, 2.75) is 25.9 Å². The van der Waals surface area contributed by atoms with Gasteiger partial charge in [0.05, 0.1) is 12.9 Å². The Morgan fingerprint density at radius 1 is 1.62 bits per heavy atom. The second kappa shape index (κ2) is 7.07. The summed E-state index contributed by atoms with van der Waals surface area (Å²) in [6.07, 6.45) is 3.83. The monoisotopic (exact) mass is 296 g/mol. The number of imidazole rings is 1. The van der Waals surface area contributed by atoms with Crippen molar-refractivity contribution in [3.63, 3.8) is 0 Å². The van der Waals surface area contributed by atoms with Crippen LogP contribution in [-0.2, 0) is 11.3 Å². The number of hydrogen-bond acceptors (Lipinski definition) is 4. The number of carboxylic acids is 1. The summed E-state index contributed by atoms with van der Waals surface area (Å²) in [5.41, 5.74) is -0.00527. The van der Waals surface area contributed by atoms with Crippen LogP contribution in [0.1, 0.15) is 23.8 Å². The molecule has 8 heteroatoms. The minimum atomic E-state index is -1.06. The lowest BCUT2D eigenvalue weighted by atomic mass is 10.0. The van der Waals surface area contributed by atoms with Gasteiger partial charge in [0.25, 0.3) is 0 Å². The molecule has 116 valence electrons. The maximum Gasteiger partial charge on any atom is 0.356 e. The highest BCUT2D eigenvalue weighted by atomic mass is 16.5. The van der Waals surface area contributed by atoms with Crippen molar-refractivity contribution < 1.29 is 19.4 Å². The predicted molar refractivity (Wildman–Crippen MR) is 74.1 cm³/mol. The summed E-state index contributed by atoms with van der Waals surface area (Å²) in [6.45, 7) is 4.27. The number of hydrogen-bond donors (Lipinski definition) is 3. The van der Waals surface area contributed by atoms with Crippen LogP contribution in [0.25, 0.3) is 0 Å². The van der Waals surface area contributed by atoms with E-state index in [4.69, 9.17) is 9.84 Å². The standard InChI is InChI=1S/C13H20N4O4/c1-9(10-2-5-21-7-10)16-13(20)14-3-4-17-6-11(12(18)19)15-8-17/h6,8-10H,2-5,7H2,1H3,(H,18,19)(H2,14,16,20). The van der Waals surface area contributed by atoms with E-state index in [2.05, 4.69) is 15.6 Å². The molecule has 1 aromatic heterocycles. The Labute approximate surface area is 122 Å². The highest BCUT2D eigenvalue weighted by Gasteiger charge is 2.23. The van der Waals surface area contributed by atoms with E-state index in [9.17, 15) is 9.59 Å². The average molecular weight is 296 g/mol. The molecule has 1 aliphatic heterocycles. The van der Waals surface area contributed by atoms with E-state index in [-0.39, 0.29) is 17.8 Å². The number of ether oxygens (including phenoxy) is 1. The molecule has 2 atom stereocenters. The number of amides is 2. The third-order valence-electron chi connectivity index (χ3n) is 3.54. The molecule has 1 aliphatic rings. The number of carbonyl (C=O) groups excluding carboxylic acids is 1. The Bertz CT molecular complexity index is 496. The van der Waals surface area contributed by atoms with Crippen LogP contribution in [0.5, 0.6) is 0 Å². The SMILES string of the molecule is CC(NC(=O)NCCn1cnc(C(=O)O)c1)C1CCOC1. The third kappa shape index (κ3) is 4.45. The van der Waals surface area contributed by atoms with E-state index in [1.807, 2.05) is 6.92 Å². The van der Waals surface area contributed by atoms with Crippen LogP contribution in [-0.4, -0.2) is 52.5 Å². The highest BCUT2D eigenvalue weighted by Crippen LogP contribution is 2.16. The van der Waals surface area contributed by atoms with Crippen molar-refractivity contribution in [1.82, 2.24) is 20.2 Å². The van der Waals surface area contributed by atoms with Crippen molar-refractivity contribution in [3.8, 4) is 0 Å². The van der Waals surface area contributed by atoms with Crippen LogP contribution in [0.3, 0.4) is 0 Å².